The number of carbonyl (C=O) groups excluding carboxylic acids is 1. The molecule has 2 heterocycles. The molecule has 0 saturated heterocycles. The first kappa shape index (κ1) is 21.8. The highest BCUT2D eigenvalue weighted by Gasteiger charge is 2.13. The summed E-state index contributed by atoms with van der Waals surface area (Å²) in [7, 11) is 3.42. The van der Waals surface area contributed by atoms with Crippen molar-refractivity contribution < 1.29 is 9.53 Å². The molecule has 2 aromatic carbocycles. The number of fused-ring (bicyclic) bond motifs is 3. The van der Waals surface area contributed by atoms with E-state index in [2.05, 4.69) is 9.97 Å². The van der Waals surface area contributed by atoms with Crippen molar-refractivity contribution in [3.63, 3.8) is 0 Å². The van der Waals surface area contributed by atoms with Crippen LogP contribution in [0.5, 0.6) is 5.75 Å². The summed E-state index contributed by atoms with van der Waals surface area (Å²) < 4.78 is 7.22. The summed E-state index contributed by atoms with van der Waals surface area (Å²) >= 11 is 5.46. The molecule has 8 heteroatoms. The summed E-state index contributed by atoms with van der Waals surface area (Å²) in [5, 5.41) is 0.863. The van der Waals surface area contributed by atoms with E-state index in [0.29, 0.717) is 53.9 Å². The standard InChI is InChI=1S/C24H26N4O3S/c1-27(15-16-8-4-3-5-9-16)20(29)10-6-7-13-28-23(30)22-21(26-24(28)32)18-14-17(31-2)11-12-19(18)25-22/h3-5,8-9,11-12,14,25H,6-7,10,13,15H2,1-2H3,(H,26,32). The SMILES string of the molecule is COc1ccc2[nH]c3c(=O)n(CCCCC(=O)N(C)Cc4ccccc4)c(=S)[nH]c3c2c1. The van der Waals surface area contributed by atoms with Crippen molar-refractivity contribution in [2.75, 3.05) is 14.2 Å². The van der Waals surface area contributed by atoms with Crippen LogP contribution < -0.4 is 10.3 Å². The molecule has 0 aliphatic rings. The molecule has 0 unspecified atom stereocenters. The van der Waals surface area contributed by atoms with Crippen LogP contribution in [0.4, 0.5) is 0 Å². The van der Waals surface area contributed by atoms with Gasteiger partial charge in [0.05, 0.1) is 12.6 Å². The first-order chi connectivity index (χ1) is 15.5. The van der Waals surface area contributed by atoms with E-state index < -0.39 is 0 Å². The number of methoxy groups -OCH3 is 1. The Hall–Kier alpha value is -3.39. The fraction of sp³-hybridized carbons (Fsp3) is 0.292. The van der Waals surface area contributed by atoms with Gasteiger partial charge >= 0.3 is 0 Å². The zero-order chi connectivity index (χ0) is 22.7. The minimum atomic E-state index is -0.161. The lowest BCUT2D eigenvalue weighted by Gasteiger charge is -2.17. The van der Waals surface area contributed by atoms with Crippen LogP contribution in [0, 0.1) is 4.77 Å². The second kappa shape index (κ2) is 9.40. The molecular formula is C24H26N4O3S. The molecule has 7 nitrogen and oxygen atoms in total. The Morgan fingerprint density at radius 2 is 1.88 bits per heavy atom. The van der Waals surface area contributed by atoms with Gasteiger partial charge in [-0.25, -0.2) is 0 Å². The van der Waals surface area contributed by atoms with Crippen molar-refractivity contribution in [1.82, 2.24) is 19.4 Å². The van der Waals surface area contributed by atoms with Crippen molar-refractivity contribution in [2.45, 2.75) is 32.4 Å². The van der Waals surface area contributed by atoms with Crippen LogP contribution in [0.15, 0.2) is 53.3 Å². The molecule has 1 amide bonds. The van der Waals surface area contributed by atoms with Gasteiger partial charge in [0.25, 0.3) is 5.56 Å². The van der Waals surface area contributed by atoms with E-state index in [4.69, 9.17) is 17.0 Å². The van der Waals surface area contributed by atoms with Gasteiger partial charge in [-0.3, -0.25) is 14.2 Å². The Kier molecular flexibility index (Phi) is 6.41. The lowest BCUT2D eigenvalue weighted by Crippen LogP contribution is -2.26. The van der Waals surface area contributed by atoms with E-state index in [-0.39, 0.29) is 11.5 Å². The summed E-state index contributed by atoms with van der Waals surface area (Å²) in [6.07, 6.45) is 1.80. The molecule has 2 aromatic heterocycles. The van der Waals surface area contributed by atoms with Crippen molar-refractivity contribution in [1.29, 1.82) is 0 Å². The van der Waals surface area contributed by atoms with E-state index in [1.54, 1.807) is 16.6 Å². The molecule has 0 radical (unpaired) electrons. The van der Waals surface area contributed by atoms with Gasteiger partial charge in [0.15, 0.2) is 4.77 Å². The van der Waals surface area contributed by atoms with E-state index in [1.165, 1.54) is 0 Å². The molecule has 0 aliphatic heterocycles. The highest BCUT2D eigenvalue weighted by atomic mass is 32.1. The molecule has 0 spiro atoms. The topological polar surface area (TPSA) is 83.1 Å². The number of hydrogen-bond acceptors (Lipinski definition) is 4. The number of aromatic nitrogens is 3. The molecule has 0 atom stereocenters. The van der Waals surface area contributed by atoms with Crippen LogP contribution in [-0.4, -0.2) is 39.5 Å². The summed E-state index contributed by atoms with van der Waals surface area (Å²) in [4.78, 5) is 33.6. The monoisotopic (exact) mass is 450 g/mol. The number of amides is 1. The molecule has 0 saturated carbocycles. The van der Waals surface area contributed by atoms with Crippen LogP contribution in [0.25, 0.3) is 21.9 Å². The third-order valence-corrected chi connectivity index (χ3v) is 5.97. The molecule has 166 valence electrons. The van der Waals surface area contributed by atoms with Crippen molar-refractivity contribution in [2.24, 2.45) is 0 Å². The molecule has 0 fully saturated rings. The summed E-state index contributed by atoms with van der Waals surface area (Å²) in [6.45, 7) is 1.05. The molecule has 2 N–H and O–H groups in total. The number of nitrogens with zero attached hydrogens (tertiary/aromatic N) is 2. The maximum absolute atomic E-state index is 13.1. The van der Waals surface area contributed by atoms with Crippen LogP contribution in [0.3, 0.4) is 0 Å². The average Bonchev–Trinajstić information content (AvgIpc) is 3.16. The lowest BCUT2D eigenvalue weighted by atomic mass is 10.2. The predicted octanol–water partition coefficient (Wildman–Crippen LogP) is 4.38. The van der Waals surface area contributed by atoms with Gasteiger partial charge in [0.2, 0.25) is 5.91 Å². The zero-order valence-electron chi connectivity index (χ0n) is 18.2. The van der Waals surface area contributed by atoms with Crippen LogP contribution in [0.2, 0.25) is 0 Å². The number of aromatic amines is 2. The average molecular weight is 451 g/mol. The van der Waals surface area contributed by atoms with E-state index >= 15 is 0 Å². The fourth-order valence-corrected chi connectivity index (χ4v) is 4.15. The summed E-state index contributed by atoms with van der Waals surface area (Å²) in [5.74, 6) is 0.801. The van der Waals surface area contributed by atoms with Gasteiger partial charge in [0, 0.05) is 37.5 Å². The Bertz CT molecular complexity index is 1370. The van der Waals surface area contributed by atoms with E-state index in [0.717, 1.165) is 16.5 Å². The van der Waals surface area contributed by atoms with Crippen molar-refractivity contribution in [3.8, 4) is 5.75 Å². The number of rotatable bonds is 8. The summed E-state index contributed by atoms with van der Waals surface area (Å²) in [5.41, 5.74) is 2.95. The molecule has 0 bridgehead atoms. The number of nitrogens with one attached hydrogen (secondary N) is 2. The van der Waals surface area contributed by atoms with Crippen LogP contribution in [0.1, 0.15) is 24.8 Å². The first-order valence-corrected chi connectivity index (χ1v) is 11.0. The maximum Gasteiger partial charge on any atom is 0.278 e. The van der Waals surface area contributed by atoms with Gasteiger partial charge in [-0.05, 0) is 48.8 Å². The lowest BCUT2D eigenvalue weighted by molar-refractivity contribution is -0.130. The van der Waals surface area contributed by atoms with Crippen LogP contribution in [-0.2, 0) is 17.9 Å². The smallest absolute Gasteiger partial charge is 0.278 e. The minimum Gasteiger partial charge on any atom is -0.497 e. The maximum atomic E-state index is 13.1. The number of unbranched alkanes of at least 4 members (excludes halogenated alkanes) is 1. The van der Waals surface area contributed by atoms with Gasteiger partial charge in [-0.2, -0.15) is 0 Å². The highest BCUT2D eigenvalue weighted by Crippen LogP contribution is 2.25. The number of ether oxygens (including phenoxy) is 1. The van der Waals surface area contributed by atoms with Crippen LogP contribution >= 0.6 is 12.2 Å². The third-order valence-electron chi connectivity index (χ3n) is 5.65. The fourth-order valence-electron chi connectivity index (χ4n) is 3.88. The number of H-pyrrole nitrogens is 2. The first-order valence-electron chi connectivity index (χ1n) is 10.6. The van der Waals surface area contributed by atoms with Crippen molar-refractivity contribution >= 4 is 40.1 Å². The zero-order valence-corrected chi connectivity index (χ0v) is 19.0. The Morgan fingerprint density at radius 1 is 1.09 bits per heavy atom. The Morgan fingerprint density at radius 3 is 2.62 bits per heavy atom. The number of benzene rings is 2. The predicted molar refractivity (Wildman–Crippen MR) is 129 cm³/mol. The normalized spacial score (nSPS) is 11.2. The van der Waals surface area contributed by atoms with Gasteiger partial charge in [-0.15, -0.1) is 0 Å². The largest absolute Gasteiger partial charge is 0.497 e. The van der Waals surface area contributed by atoms with Gasteiger partial charge in [-0.1, -0.05) is 30.3 Å². The Labute approximate surface area is 190 Å². The van der Waals surface area contributed by atoms with Crippen molar-refractivity contribution in [3.05, 3.63) is 69.2 Å². The number of hydrogen-bond donors (Lipinski definition) is 2. The molecule has 32 heavy (non-hydrogen) atoms. The quantitative estimate of drug-likeness (QED) is 0.308. The minimum absolute atomic E-state index is 0.0892. The second-order valence-electron chi connectivity index (χ2n) is 7.87. The Balaban J connectivity index is 1.42. The second-order valence-corrected chi connectivity index (χ2v) is 8.25. The molecule has 4 aromatic rings. The highest BCUT2D eigenvalue weighted by molar-refractivity contribution is 7.71. The third kappa shape index (κ3) is 4.45. The van der Waals surface area contributed by atoms with Gasteiger partial charge < -0.3 is 19.6 Å². The van der Waals surface area contributed by atoms with Gasteiger partial charge in [0.1, 0.15) is 11.3 Å². The molecule has 0 aliphatic carbocycles. The number of carbonyl (C=O) groups is 1. The van der Waals surface area contributed by atoms with E-state index in [1.807, 2.05) is 55.6 Å². The summed E-state index contributed by atoms with van der Waals surface area (Å²) in [6, 6.07) is 15.5. The molecule has 4 rings (SSSR count). The molecular weight excluding hydrogens is 424 g/mol. The van der Waals surface area contributed by atoms with E-state index in [9.17, 15) is 9.59 Å².